The number of fused-ring (bicyclic) bond motifs is 1. The monoisotopic (exact) mass is 758 g/mol. The number of hydrogen-bond donors (Lipinski definition) is 1. The Morgan fingerprint density at radius 3 is 1.87 bits per heavy atom. The molecule has 0 aliphatic carbocycles. The summed E-state index contributed by atoms with van der Waals surface area (Å²) in [5.41, 5.74) is 0.155. The minimum absolute atomic E-state index is 0.0236. The van der Waals surface area contributed by atoms with Crippen LogP contribution in [0.15, 0.2) is 14.5 Å². The Kier molecular flexibility index (Phi) is 11.3. The fourth-order valence-electron chi connectivity index (χ4n) is 4.26. The maximum Gasteiger partial charge on any atom is 0.280 e. The lowest BCUT2D eigenvalue weighted by atomic mass is 10.1. The van der Waals surface area contributed by atoms with Crippen molar-refractivity contribution in [2.45, 2.75) is 141 Å². The molecule has 1 fully saturated rings. The molecule has 0 radical (unpaired) electrons. The third-order valence-corrected chi connectivity index (χ3v) is 24.3. The van der Waals surface area contributed by atoms with Crippen molar-refractivity contribution in [3.05, 3.63) is 15.1 Å². The van der Waals surface area contributed by atoms with Gasteiger partial charge in [-0.15, -0.1) is 0 Å². The molecule has 0 amide bonds. The van der Waals surface area contributed by atoms with Gasteiger partial charge in [-0.1, -0.05) is 62.3 Å². The number of aliphatic imine (C=N–C) groups is 1. The van der Waals surface area contributed by atoms with Crippen LogP contribution in [-0.4, -0.2) is 94.7 Å². The van der Waals surface area contributed by atoms with E-state index in [9.17, 15) is 4.79 Å². The van der Waals surface area contributed by atoms with E-state index in [1.165, 1.54) is 0 Å². The van der Waals surface area contributed by atoms with Gasteiger partial charge in [-0.2, -0.15) is 4.98 Å². The van der Waals surface area contributed by atoms with Gasteiger partial charge in [-0.3, -0.25) is 14.3 Å². The summed E-state index contributed by atoms with van der Waals surface area (Å²) in [6.07, 6.45) is -0.488. The van der Waals surface area contributed by atoms with Crippen LogP contribution in [0.2, 0.25) is 54.4 Å². The summed E-state index contributed by atoms with van der Waals surface area (Å²) in [6.45, 7) is 34.0. The average molecular weight is 760 g/mol. The second-order valence-corrected chi connectivity index (χ2v) is 32.4. The van der Waals surface area contributed by atoms with Crippen molar-refractivity contribution in [1.29, 1.82) is 0 Å². The summed E-state index contributed by atoms with van der Waals surface area (Å²) in [4.78, 5) is 31.4. The summed E-state index contributed by atoms with van der Waals surface area (Å²) in [6, 6.07) is 0. The van der Waals surface area contributed by atoms with Gasteiger partial charge in [0.2, 0.25) is 5.95 Å². The molecule has 15 heteroatoms. The fraction of sp³-hybridized carbons (Fsp3) is 0.806. The van der Waals surface area contributed by atoms with Crippen molar-refractivity contribution in [3.8, 4) is 0 Å². The topological polar surface area (TPSA) is 116 Å². The van der Waals surface area contributed by atoms with Crippen LogP contribution in [0, 0.1) is 0 Å². The Hall–Kier alpha value is -1.21. The molecule has 2 aromatic rings. The molecule has 0 unspecified atom stereocenters. The maximum atomic E-state index is 13.2. The molecule has 0 spiro atoms. The van der Waals surface area contributed by atoms with Gasteiger partial charge < -0.3 is 22.9 Å². The van der Waals surface area contributed by atoms with Crippen LogP contribution in [-0.2, 0) is 18.0 Å². The highest BCUT2D eigenvalue weighted by molar-refractivity contribution is 9.10. The van der Waals surface area contributed by atoms with Crippen molar-refractivity contribution in [2.24, 2.45) is 4.99 Å². The van der Waals surface area contributed by atoms with E-state index in [0.29, 0.717) is 17.0 Å². The molecule has 1 N–H and O–H groups in total. The zero-order valence-electron chi connectivity index (χ0n) is 31.2. The predicted octanol–water partition coefficient (Wildman–Crippen LogP) is 7.80. The molecule has 11 nitrogen and oxygen atoms in total. The van der Waals surface area contributed by atoms with E-state index in [4.69, 9.17) is 23.0 Å². The number of nitrogens with one attached hydrogen (secondary N) is 1. The van der Waals surface area contributed by atoms with Crippen LogP contribution in [0.3, 0.4) is 0 Å². The van der Waals surface area contributed by atoms with Gasteiger partial charge in [-0.25, -0.2) is 9.98 Å². The third kappa shape index (κ3) is 8.32. The van der Waals surface area contributed by atoms with Crippen LogP contribution < -0.4 is 5.56 Å². The van der Waals surface area contributed by atoms with Gasteiger partial charge in [0.05, 0.1) is 12.9 Å². The molecule has 0 aromatic carbocycles. The summed E-state index contributed by atoms with van der Waals surface area (Å²) in [5.74, 6) is 0.173. The van der Waals surface area contributed by atoms with Gasteiger partial charge in [0.25, 0.3) is 5.56 Å². The van der Waals surface area contributed by atoms with Crippen molar-refractivity contribution in [3.63, 3.8) is 0 Å². The number of halogens is 1. The number of aromatic amines is 1. The van der Waals surface area contributed by atoms with E-state index in [1.54, 1.807) is 11.2 Å². The average Bonchev–Trinajstić information content (AvgIpc) is 3.35. The van der Waals surface area contributed by atoms with Crippen LogP contribution >= 0.6 is 15.9 Å². The zero-order valence-corrected chi connectivity index (χ0v) is 35.8. The lowest BCUT2D eigenvalue weighted by Gasteiger charge is -2.44. The first-order valence-corrected chi connectivity index (χ1v) is 25.6. The first-order valence-electron chi connectivity index (χ1n) is 16.1. The van der Waals surface area contributed by atoms with E-state index < -0.39 is 49.5 Å². The van der Waals surface area contributed by atoms with Crippen LogP contribution in [0.5, 0.6) is 0 Å². The smallest absolute Gasteiger partial charge is 0.280 e. The quantitative estimate of drug-likeness (QED) is 0.113. The molecule has 3 rings (SSSR count). The molecule has 46 heavy (non-hydrogen) atoms. The number of hydrogen-bond acceptors (Lipinski definition) is 8. The highest BCUT2D eigenvalue weighted by Crippen LogP contribution is 2.47. The molecular formula is C31H59BrN6O5Si3. The van der Waals surface area contributed by atoms with Crippen molar-refractivity contribution >= 4 is 64.3 Å². The number of ether oxygens (including phenoxy) is 1. The van der Waals surface area contributed by atoms with E-state index in [0.717, 1.165) is 0 Å². The Balaban J connectivity index is 2.28. The number of H-pyrrole nitrogens is 1. The number of imidazole rings is 1. The van der Waals surface area contributed by atoms with Crippen LogP contribution in [0.4, 0.5) is 5.95 Å². The molecule has 262 valence electrons. The Morgan fingerprint density at radius 1 is 0.891 bits per heavy atom. The van der Waals surface area contributed by atoms with E-state index in [1.807, 2.05) is 18.7 Å². The van der Waals surface area contributed by atoms with Crippen LogP contribution in [0.1, 0.15) is 68.5 Å². The second-order valence-electron chi connectivity index (χ2n) is 17.3. The summed E-state index contributed by atoms with van der Waals surface area (Å²) in [7, 11) is -3.14. The first kappa shape index (κ1) is 39.2. The first-order chi connectivity index (χ1) is 20.6. The van der Waals surface area contributed by atoms with Crippen molar-refractivity contribution in [1.82, 2.24) is 24.4 Å². The van der Waals surface area contributed by atoms with Crippen LogP contribution in [0.25, 0.3) is 11.2 Å². The lowest BCUT2D eigenvalue weighted by Crippen LogP contribution is -2.54. The predicted molar refractivity (Wildman–Crippen MR) is 199 cm³/mol. The molecule has 0 bridgehead atoms. The molecule has 1 aliphatic heterocycles. The van der Waals surface area contributed by atoms with E-state index in [-0.39, 0.29) is 32.1 Å². The lowest BCUT2D eigenvalue weighted by molar-refractivity contribution is -0.0480. The third-order valence-electron chi connectivity index (χ3n) is 10.3. The highest BCUT2D eigenvalue weighted by Gasteiger charge is 2.55. The second kappa shape index (κ2) is 13.3. The molecule has 1 aliphatic rings. The molecule has 2 aromatic heterocycles. The van der Waals surface area contributed by atoms with Crippen molar-refractivity contribution < 1.29 is 18.0 Å². The Bertz CT molecular complexity index is 1470. The summed E-state index contributed by atoms with van der Waals surface area (Å²) in [5, 5.41) is -0.101. The van der Waals surface area contributed by atoms with Gasteiger partial charge in [0, 0.05) is 14.1 Å². The molecule has 4 atom stereocenters. The van der Waals surface area contributed by atoms with Gasteiger partial charge in [-0.05, 0) is 70.3 Å². The van der Waals surface area contributed by atoms with E-state index >= 15 is 0 Å². The maximum absolute atomic E-state index is 13.2. The fourth-order valence-corrected chi connectivity index (χ4v) is 8.43. The van der Waals surface area contributed by atoms with Gasteiger partial charge in [0.1, 0.15) is 18.3 Å². The largest absolute Gasteiger partial charge is 0.414 e. The molecule has 0 saturated carbocycles. The zero-order chi connectivity index (χ0) is 35.4. The normalized spacial score (nSPS) is 22.4. The Labute approximate surface area is 287 Å². The minimum Gasteiger partial charge on any atom is -0.414 e. The summed E-state index contributed by atoms with van der Waals surface area (Å²) >= 11 is 3.65. The highest BCUT2D eigenvalue weighted by atomic mass is 79.9. The standard InChI is InChI=1S/C31H59BrN6O5Si3/c1-29(2,3)44(12,13)40-18-20-22(42-45(14,15)30(4,5)6)23(43-46(16,17)31(7,8)9)26(41-20)38-24-21(34-27(38)32)25(39)36-28(35-24)33-19-37(10)11/h19-20,22-23,26H,18H2,1-17H3,(H,35,36,39)/b33-19+/t20-,22-,23-,26-/m1/s1. The number of rotatable bonds is 10. The van der Waals surface area contributed by atoms with Crippen molar-refractivity contribution in [2.75, 3.05) is 20.7 Å². The number of aromatic nitrogens is 4. The molecule has 3 heterocycles. The molecule has 1 saturated heterocycles. The minimum atomic E-state index is -2.38. The number of nitrogens with zero attached hydrogens (tertiary/aromatic N) is 5. The van der Waals surface area contributed by atoms with Gasteiger partial charge in [0.15, 0.2) is 47.1 Å². The van der Waals surface area contributed by atoms with Gasteiger partial charge >= 0.3 is 0 Å². The Morgan fingerprint density at radius 2 is 1.39 bits per heavy atom. The summed E-state index contributed by atoms with van der Waals surface area (Å²) < 4.78 is 30.6. The SMILES string of the molecule is CN(C)/C=N/c1nc2c(nc(Br)n2[C@@H]2O[C@H](CO[Si](C)(C)C(C)(C)C)[C@@H](O[Si](C)(C)C(C)(C)C)[C@H]2O[Si](C)(C)C(C)(C)C)c(=O)[nH]1. The molecular weight excluding hydrogens is 701 g/mol. The van der Waals surface area contributed by atoms with E-state index in [2.05, 4.69) is 132 Å².